The van der Waals surface area contributed by atoms with Crippen LogP contribution in [0.1, 0.15) is 49.1 Å². The van der Waals surface area contributed by atoms with Gasteiger partial charge in [-0.1, -0.05) is 61.4 Å². The molecule has 7 nitrogen and oxygen atoms in total. The molecular weight excluding hydrogens is 420 g/mol. The Labute approximate surface area is 192 Å². The number of carboxylic acids is 1. The van der Waals surface area contributed by atoms with Gasteiger partial charge >= 0.3 is 12.1 Å². The third-order valence-corrected chi connectivity index (χ3v) is 7.02. The van der Waals surface area contributed by atoms with E-state index in [1.54, 1.807) is 0 Å². The van der Waals surface area contributed by atoms with E-state index in [4.69, 9.17) is 4.74 Å². The number of carbonyl (C=O) groups is 3. The molecule has 2 aliphatic carbocycles. The zero-order valence-electron chi connectivity index (χ0n) is 18.4. The molecular formula is C26H28N2O5. The van der Waals surface area contributed by atoms with Crippen LogP contribution in [0.5, 0.6) is 0 Å². The van der Waals surface area contributed by atoms with Crippen LogP contribution in [0.25, 0.3) is 11.1 Å². The summed E-state index contributed by atoms with van der Waals surface area (Å²) in [5.41, 5.74) is 4.55. The second kappa shape index (κ2) is 8.89. The lowest BCUT2D eigenvalue weighted by Gasteiger charge is -2.27. The van der Waals surface area contributed by atoms with Gasteiger partial charge in [0.15, 0.2) is 0 Å². The lowest BCUT2D eigenvalue weighted by atomic mass is 9.98. The molecule has 5 rings (SSSR count). The molecule has 33 heavy (non-hydrogen) atoms. The van der Waals surface area contributed by atoms with Gasteiger partial charge in [-0.3, -0.25) is 4.79 Å². The van der Waals surface area contributed by atoms with Crippen molar-refractivity contribution in [1.29, 1.82) is 0 Å². The number of carbonyl (C=O) groups excluding carboxylic acids is 2. The standard InChI is InChI=1S/C26H28N2O5/c29-24(28-13-5-10-23(28)25(30)31)22(14-16-11-12-16)27-26(32)33-15-21-19-8-3-1-6-17(19)18-7-2-4-9-20(18)21/h1-4,6-9,16,21-23H,5,10-15H2,(H,27,32)(H,30,31)/t22-,23-/m0/s1. The van der Waals surface area contributed by atoms with Gasteiger partial charge in [-0.15, -0.1) is 0 Å². The predicted octanol–water partition coefficient (Wildman–Crippen LogP) is 3.77. The first-order valence-electron chi connectivity index (χ1n) is 11.7. The topological polar surface area (TPSA) is 95.9 Å². The number of nitrogens with one attached hydrogen (secondary N) is 1. The average molecular weight is 449 g/mol. The van der Waals surface area contributed by atoms with E-state index in [-0.39, 0.29) is 18.4 Å². The maximum Gasteiger partial charge on any atom is 0.407 e. The van der Waals surface area contributed by atoms with Crippen molar-refractivity contribution in [1.82, 2.24) is 10.2 Å². The Morgan fingerprint density at radius 2 is 1.64 bits per heavy atom. The van der Waals surface area contributed by atoms with E-state index in [1.807, 2.05) is 24.3 Å². The zero-order valence-corrected chi connectivity index (χ0v) is 18.4. The minimum atomic E-state index is -0.993. The number of amides is 2. The molecule has 2 fully saturated rings. The van der Waals surface area contributed by atoms with Gasteiger partial charge in [0.25, 0.3) is 0 Å². The van der Waals surface area contributed by atoms with E-state index < -0.39 is 24.1 Å². The van der Waals surface area contributed by atoms with Gasteiger partial charge < -0.3 is 20.1 Å². The van der Waals surface area contributed by atoms with Crippen LogP contribution in [-0.2, 0) is 14.3 Å². The third kappa shape index (κ3) is 4.32. The first kappa shape index (κ1) is 21.5. The minimum Gasteiger partial charge on any atom is -0.480 e. The van der Waals surface area contributed by atoms with Crippen molar-refractivity contribution in [2.45, 2.75) is 50.1 Å². The summed E-state index contributed by atoms with van der Waals surface area (Å²) >= 11 is 0. The van der Waals surface area contributed by atoms with Gasteiger partial charge in [0.05, 0.1) is 0 Å². The van der Waals surface area contributed by atoms with Gasteiger partial charge in [0.2, 0.25) is 5.91 Å². The molecule has 2 atom stereocenters. The Balaban J connectivity index is 1.26. The summed E-state index contributed by atoms with van der Waals surface area (Å²) in [5.74, 6) is -0.984. The molecule has 2 N–H and O–H groups in total. The summed E-state index contributed by atoms with van der Waals surface area (Å²) in [6.07, 6.45) is 3.04. The van der Waals surface area contributed by atoms with Crippen LogP contribution in [-0.4, -0.2) is 53.2 Å². The number of hydrogen-bond acceptors (Lipinski definition) is 4. The molecule has 7 heteroatoms. The number of carboxylic acid groups (broad SMARTS) is 1. The smallest absolute Gasteiger partial charge is 0.407 e. The maximum absolute atomic E-state index is 13.1. The second-order valence-corrected chi connectivity index (χ2v) is 9.23. The van der Waals surface area contributed by atoms with Crippen molar-refractivity contribution < 1.29 is 24.2 Å². The third-order valence-electron chi connectivity index (χ3n) is 7.02. The molecule has 2 aromatic carbocycles. The Morgan fingerprint density at radius 3 is 2.24 bits per heavy atom. The summed E-state index contributed by atoms with van der Waals surface area (Å²) in [6.45, 7) is 0.578. The van der Waals surface area contributed by atoms with E-state index in [0.717, 1.165) is 35.1 Å². The number of alkyl carbamates (subject to hydrolysis) is 1. The van der Waals surface area contributed by atoms with Crippen molar-refractivity contribution in [3.8, 4) is 11.1 Å². The van der Waals surface area contributed by atoms with Crippen molar-refractivity contribution in [2.75, 3.05) is 13.2 Å². The molecule has 1 saturated heterocycles. The average Bonchev–Trinajstić information content (AvgIpc) is 3.39. The summed E-state index contributed by atoms with van der Waals surface area (Å²) in [5, 5.41) is 12.2. The van der Waals surface area contributed by atoms with Crippen molar-refractivity contribution in [3.63, 3.8) is 0 Å². The number of rotatable bonds is 7. The number of fused-ring (bicyclic) bond motifs is 3. The highest BCUT2D eigenvalue weighted by molar-refractivity contribution is 5.90. The fourth-order valence-corrected chi connectivity index (χ4v) is 5.18. The monoisotopic (exact) mass is 448 g/mol. The molecule has 0 radical (unpaired) electrons. The molecule has 1 heterocycles. The van der Waals surface area contributed by atoms with Crippen LogP contribution in [0.15, 0.2) is 48.5 Å². The minimum absolute atomic E-state index is 0.0595. The largest absolute Gasteiger partial charge is 0.480 e. The van der Waals surface area contributed by atoms with E-state index in [1.165, 1.54) is 4.90 Å². The first-order valence-corrected chi connectivity index (χ1v) is 11.7. The highest BCUT2D eigenvalue weighted by Gasteiger charge is 2.40. The number of nitrogens with zero attached hydrogens (tertiary/aromatic N) is 1. The van der Waals surface area contributed by atoms with E-state index in [0.29, 0.717) is 31.7 Å². The second-order valence-electron chi connectivity index (χ2n) is 9.23. The molecule has 1 saturated carbocycles. The number of likely N-dealkylation sites (tertiary alicyclic amines) is 1. The summed E-state index contributed by atoms with van der Waals surface area (Å²) in [4.78, 5) is 38.8. The van der Waals surface area contributed by atoms with Crippen LogP contribution >= 0.6 is 0 Å². The van der Waals surface area contributed by atoms with Gasteiger partial charge in [-0.25, -0.2) is 9.59 Å². The Bertz CT molecular complexity index is 1030. The molecule has 2 aromatic rings. The fraction of sp³-hybridized carbons (Fsp3) is 0.423. The summed E-state index contributed by atoms with van der Waals surface area (Å²) in [7, 11) is 0. The SMILES string of the molecule is O=C(N[C@@H](CC1CC1)C(=O)N1CCC[C@H]1C(=O)O)OCC1c2ccccc2-c2ccccc21. The quantitative estimate of drug-likeness (QED) is 0.672. The molecule has 1 aliphatic heterocycles. The van der Waals surface area contributed by atoms with Crippen LogP contribution < -0.4 is 5.32 Å². The van der Waals surface area contributed by atoms with Crippen molar-refractivity contribution in [3.05, 3.63) is 59.7 Å². The van der Waals surface area contributed by atoms with E-state index in [9.17, 15) is 19.5 Å². The highest BCUT2D eigenvalue weighted by atomic mass is 16.5. The van der Waals surface area contributed by atoms with Gasteiger partial charge in [-0.2, -0.15) is 0 Å². The van der Waals surface area contributed by atoms with Crippen molar-refractivity contribution >= 4 is 18.0 Å². The lowest BCUT2D eigenvalue weighted by Crippen LogP contribution is -2.52. The maximum atomic E-state index is 13.1. The van der Waals surface area contributed by atoms with Crippen molar-refractivity contribution in [2.24, 2.45) is 5.92 Å². The molecule has 0 bridgehead atoms. The number of aliphatic carboxylic acids is 1. The Kier molecular flexibility index (Phi) is 5.79. The molecule has 2 amide bonds. The summed E-state index contributed by atoms with van der Waals surface area (Å²) < 4.78 is 5.62. The Morgan fingerprint density at radius 1 is 1.00 bits per heavy atom. The number of ether oxygens (including phenoxy) is 1. The molecule has 0 spiro atoms. The molecule has 0 aromatic heterocycles. The van der Waals surface area contributed by atoms with Crippen LogP contribution in [0.3, 0.4) is 0 Å². The van der Waals surface area contributed by atoms with E-state index >= 15 is 0 Å². The van der Waals surface area contributed by atoms with Crippen LogP contribution in [0.2, 0.25) is 0 Å². The normalized spacial score (nSPS) is 20.1. The fourth-order valence-electron chi connectivity index (χ4n) is 5.18. The van der Waals surface area contributed by atoms with Gasteiger partial charge in [0, 0.05) is 12.5 Å². The van der Waals surface area contributed by atoms with Gasteiger partial charge in [0.1, 0.15) is 18.7 Å². The predicted molar refractivity (Wildman–Crippen MR) is 122 cm³/mol. The number of hydrogen-bond donors (Lipinski definition) is 2. The molecule has 0 unspecified atom stereocenters. The lowest BCUT2D eigenvalue weighted by molar-refractivity contribution is -0.149. The zero-order chi connectivity index (χ0) is 22.9. The highest BCUT2D eigenvalue weighted by Crippen LogP contribution is 2.44. The molecule has 172 valence electrons. The van der Waals surface area contributed by atoms with Crippen LogP contribution in [0.4, 0.5) is 4.79 Å². The van der Waals surface area contributed by atoms with E-state index in [2.05, 4.69) is 29.6 Å². The molecule has 3 aliphatic rings. The first-order chi connectivity index (χ1) is 16.0. The van der Waals surface area contributed by atoms with Crippen LogP contribution in [0, 0.1) is 5.92 Å². The number of benzene rings is 2. The van der Waals surface area contributed by atoms with Gasteiger partial charge in [-0.05, 0) is 47.4 Å². The summed E-state index contributed by atoms with van der Waals surface area (Å²) in [6, 6.07) is 14.7. The Hall–Kier alpha value is -3.35.